The molecule has 1 saturated heterocycles. The topological polar surface area (TPSA) is 87.0 Å². The molecule has 0 unspecified atom stereocenters. The maximum atomic E-state index is 13.3. The maximum Gasteiger partial charge on any atom is 0.264 e. The van der Waals surface area contributed by atoms with Crippen molar-refractivity contribution < 1.29 is 17.7 Å². The summed E-state index contributed by atoms with van der Waals surface area (Å²) < 4.78 is 33.4. The molecule has 0 spiro atoms. The lowest BCUT2D eigenvalue weighted by Crippen LogP contribution is -2.48. The van der Waals surface area contributed by atoms with Crippen LogP contribution in [-0.2, 0) is 23.0 Å². The van der Waals surface area contributed by atoms with Gasteiger partial charge in [-0.2, -0.15) is 0 Å². The molecule has 33 heavy (non-hydrogen) atoms. The van der Waals surface area contributed by atoms with Gasteiger partial charge in [-0.3, -0.25) is 14.0 Å². The van der Waals surface area contributed by atoms with Crippen molar-refractivity contribution in [3.63, 3.8) is 0 Å². The van der Waals surface area contributed by atoms with Crippen LogP contribution in [-0.4, -0.2) is 62.0 Å². The van der Waals surface area contributed by atoms with Crippen LogP contribution in [0.1, 0.15) is 27.4 Å². The molecule has 172 valence electrons. The molecule has 1 aromatic heterocycles. The van der Waals surface area contributed by atoms with E-state index in [9.17, 15) is 13.2 Å². The lowest BCUT2D eigenvalue weighted by Gasteiger charge is -2.34. The molecule has 2 aliphatic rings. The van der Waals surface area contributed by atoms with Crippen LogP contribution >= 0.6 is 0 Å². The molecular weight excluding hydrogens is 440 g/mol. The molecule has 9 heteroatoms. The van der Waals surface area contributed by atoms with Crippen molar-refractivity contribution in [1.82, 2.24) is 15.0 Å². The van der Waals surface area contributed by atoms with E-state index in [4.69, 9.17) is 4.52 Å². The summed E-state index contributed by atoms with van der Waals surface area (Å²) in [6.45, 7) is 5.54. The van der Waals surface area contributed by atoms with E-state index < -0.39 is 10.0 Å². The van der Waals surface area contributed by atoms with Crippen LogP contribution in [0.4, 0.5) is 5.69 Å². The number of anilines is 1. The fraction of sp³-hybridized carbons (Fsp3) is 0.333. The highest BCUT2D eigenvalue weighted by Gasteiger charge is 2.31. The highest BCUT2D eigenvalue weighted by Crippen LogP contribution is 2.32. The van der Waals surface area contributed by atoms with Crippen molar-refractivity contribution in [1.29, 1.82) is 0 Å². The average molecular weight is 467 g/mol. The zero-order valence-corrected chi connectivity index (χ0v) is 19.3. The van der Waals surface area contributed by atoms with Crippen molar-refractivity contribution in [3.05, 3.63) is 77.2 Å². The monoisotopic (exact) mass is 466 g/mol. The number of rotatable bonds is 5. The minimum Gasteiger partial charge on any atom is -0.360 e. The van der Waals surface area contributed by atoms with Gasteiger partial charge < -0.3 is 9.42 Å². The molecule has 1 fully saturated rings. The van der Waals surface area contributed by atoms with Gasteiger partial charge in [0.1, 0.15) is 0 Å². The maximum absolute atomic E-state index is 13.3. The third-order valence-corrected chi connectivity index (χ3v) is 8.04. The smallest absolute Gasteiger partial charge is 0.264 e. The van der Waals surface area contributed by atoms with Crippen LogP contribution in [0.25, 0.3) is 0 Å². The zero-order valence-electron chi connectivity index (χ0n) is 18.5. The first-order valence-corrected chi connectivity index (χ1v) is 12.5. The van der Waals surface area contributed by atoms with Crippen LogP contribution in [0.5, 0.6) is 0 Å². The van der Waals surface area contributed by atoms with E-state index in [0.717, 1.165) is 17.0 Å². The number of benzene rings is 2. The molecule has 0 saturated carbocycles. The summed E-state index contributed by atoms with van der Waals surface area (Å²) in [5.74, 6) is 0.665. The molecule has 1 amide bonds. The molecule has 0 N–H and O–H groups in total. The zero-order chi connectivity index (χ0) is 23.0. The predicted molar refractivity (Wildman–Crippen MR) is 124 cm³/mol. The number of amides is 1. The predicted octanol–water partition coefficient (Wildman–Crippen LogP) is 2.69. The van der Waals surface area contributed by atoms with Gasteiger partial charge in [-0.25, -0.2) is 8.42 Å². The molecule has 0 bridgehead atoms. The Bertz CT molecular complexity index is 1280. The van der Waals surface area contributed by atoms with Crippen molar-refractivity contribution in [3.8, 4) is 0 Å². The quantitative estimate of drug-likeness (QED) is 0.575. The first-order valence-electron chi connectivity index (χ1n) is 11.1. The molecule has 0 aliphatic carbocycles. The normalized spacial score (nSPS) is 16.8. The van der Waals surface area contributed by atoms with Crippen LogP contribution < -0.4 is 4.31 Å². The van der Waals surface area contributed by atoms with Gasteiger partial charge in [0.25, 0.3) is 15.9 Å². The van der Waals surface area contributed by atoms with Crippen LogP contribution in [0.2, 0.25) is 0 Å². The van der Waals surface area contributed by atoms with Gasteiger partial charge in [-0.05, 0) is 43.2 Å². The first kappa shape index (κ1) is 21.7. The average Bonchev–Trinajstić information content (AvgIpc) is 3.45. The van der Waals surface area contributed by atoms with E-state index >= 15 is 0 Å². The van der Waals surface area contributed by atoms with E-state index in [1.807, 2.05) is 37.3 Å². The van der Waals surface area contributed by atoms with Gasteiger partial charge in [0.05, 0.1) is 22.8 Å². The molecule has 3 heterocycles. The van der Waals surface area contributed by atoms with Crippen LogP contribution in [0.15, 0.2) is 64.0 Å². The van der Waals surface area contributed by atoms with Gasteiger partial charge in [-0.15, -0.1) is 0 Å². The number of nitrogens with zero attached hydrogens (tertiary/aromatic N) is 4. The SMILES string of the molecule is Cc1cc(CN2CCN(C(=O)c3cccc(S(=O)(=O)N4CCc5ccccc54)c3)CC2)on1. The highest BCUT2D eigenvalue weighted by atomic mass is 32.2. The molecule has 3 aromatic rings. The number of aromatic nitrogens is 1. The van der Waals surface area contributed by atoms with Gasteiger partial charge in [-0.1, -0.05) is 29.4 Å². The van der Waals surface area contributed by atoms with E-state index in [0.29, 0.717) is 56.9 Å². The second kappa shape index (κ2) is 8.64. The Kier molecular flexibility index (Phi) is 5.67. The number of carbonyl (C=O) groups excluding carboxylic acids is 1. The minimum atomic E-state index is -3.74. The molecule has 8 nitrogen and oxygen atoms in total. The number of sulfonamides is 1. The number of fused-ring (bicyclic) bond motifs is 1. The fourth-order valence-electron chi connectivity index (χ4n) is 4.48. The summed E-state index contributed by atoms with van der Waals surface area (Å²) in [4.78, 5) is 17.3. The van der Waals surface area contributed by atoms with Crippen molar-refractivity contribution in [2.45, 2.75) is 24.8 Å². The van der Waals surface area contributed by atoms with Gasteiger partial charge in [0.15, 0.2) is 5.76 Å². The Morgan fingerprint density at radius 1 is 1.00 bits per heavy atom. The minimum absolute atomic E-state index is 0.143. The van der Waals surface area contributed by atoms with Crippen LogP contribution in [0, 0.1) is 6.92 Å². The molecule has 5 rings (SSSR count). The highest BCUT2D eigenvalue weighted by molar-refractivity contribution is 7.92. The lowest BCUT2D eigenvalue weighted by atomic mass is 10.2. The van der Waals surface area contributed by atoms with E-state index in [1.54, 1.807) is 23.1 Å². The largest absolute Gasteiger partial charge is 0.360 e. The Morgan fingerprint density at radius 2 is 1.79 bits per heavy atom. The number of carbonyl (C=O) groups is 1. The number of hydrogen-bond acceptors (Lipinski definition) is 6. The fourth-order valence-corrected chi connectivity index (χ4v) is 6.03. The Hall–Kier alpha value is -3.17. The summed E-state index contributed by atoms with van der Waals surface area (Å²) in [5.41, 5.74) is 2.98. The van der Waals surface area contributed by atoms with Crippen LogP contribution in [0.3, 0.4) is 0 Å². The molecular formula is C24H26N4O4S. The molecule has 0 radical (unpaired) electrons. The van der Waals surface area contributed by atoms with Gasteiger partial charge >= 0.3 is 0 Å². The third-order valence-electron chi connectivity index (χ3n) is 6.23. The summed E-state index contributed by atoms with van der Waals surface area (Å²) in [5, 5.41) is 3.92. The molecule has 0 atom stereocenters. The summed E-state index contributed by atoms with van der Waals surface area (Å²) >= 11 is 0. The summed E-state index contributed by atoms with van der Waals surface area (Å²) in [6, 6.07) is 15.8. The summed E-state index contributed by atoms with van der Waals surface area (Å²) in [6.07, 6.45) is 0.686. The van der Waals surface area contributed by atoms with Gasteiger partial charge in [0.2, 0.25) is 0 Å². The first-order chi connectivity index (χ1) is 15.9. The standard InChI is InChI=1S/C24H26N4O4S/c1-18-15-21(32-25-18)17-26-11-13-27(14-12-26)24(29)20-6-4-7-22(16-20)33(30,31)28-10-9-19-5-2-3-8-23(19)28/h2-8,15-16H,9-14,17H2,1H3. The second-order valence-electron chi connectivity index (χ2n) is 8.49. The van der Waals surface area contributed by atoms with Gasteiger partial charge in [0, 0.05) is 44.4 Å². The lowest BCUT2D eigenvalue weighted by molar-refractivity contribution is 0.0617. The molecule has 2 aromatic carbocycles. The number of para-hydroxylation sites is 1. The van der Waals surface area contributed by atoms with Crippen molar-refractivity contribution in [2.75, 3.05) is 37.0 Å². The van der Waals surface area contributed by atoms with Crippen molar-refractivity contribution >= 4 is 21.6 Å². The number of piperazine rings is 1. The third kappa shape index (κ3) is 4.26. The van der Waals surface area contributed by atoms with Crippen molar-refractivity contribution in [2.24, 2.45) is 0 Å². The van der Waals surface area contributed by atoms with E-state index in [2.05, 4.69) is 10.1 Å². The molecule has 2 aliphatic heterocycles. The van der Waals surface area contributed by atoms with E-state index in [-0.39, 0.29) is 10.8 Å². The Labute approximate surface area is 193 Å². The number of aryl methyl sites for hydroxylation is 1. The number of hydrogen-bond donors (Lipinski definition) is 0. The summed E-state index contributed by atoms with van der Waals surface area (Å²) in [7, 11) is -3.74. The Morgan fingerprint density at radius 3 is 2.55 bits per heavy atom. The Balaban J connectivity index is 1.28. The second-order valence-corrected chi connectivity index (χ2v) is 10.3. The van der Waals surface area contributed by atoms with E-state index in [1.165, 1.54) is 10.4 Å².